The van der Waals surface area contributed by atoms with Crippen LogP contribution >= 0.6 is 0 Å². The molecule has 1 aromatic rings. The first-order chi connectivity index (χ1) is 12.1. The van der Waals surface area contributed by atoms with E-state index in [2.05, 4.69) is 16.9 Å². The lowest BCUT2D eigenvalue weighted by atomic mass is 10.2. The summed E-state index contributed by atoms with van der Waals surface area (Å²) in [6, 6.07) is 0. The zero-order valence-electron chi connectivity index (χ0n) is 14.3. The first kappa shape index (κ1) is 16.9. The summed E-state index contributed by atoms with van der Waals surface area (Å²) in [6.45, 7) is 7.91. The molecule has 0 N–H and O–H groups in total. The fourth-order valence-electron chi connectivity index (χ4n) is 3.03. The molecule has 0 aliphatic carbocycles. The summed E-state index contributed by atoms with van der Waals surface area (Å²) >= 11 is 0. The van der Waals surface area contributed by atoms with E-state index in [9.17, 15) is 9.59 Å². The minimum atomic E-state index is -0.123. The van der Waals surface area contributed by atoms with Crippen molar-refractivity contribution in [1.82, 2.24) is 24.8 Å². The molecule has 0 saturated heterocycles. The SMILES string of the molecule is C=Cn1nncc1C(=O)N1CC2=C(CN(C(=O)/C=C/C=C/CC)C2)C1. The third kappa shape index (κ3) is 3.45. The molecule has 7 nitrogen and oxygen atoms in total. The molecule has 0 bridgehead atoms. The summed E-state index contributed by atoms with van der Waals surface area (Å²) < 4.78 is 1.37. The molecular formula is C18H21N5O2. The number of carbonyl (C=O) groups excluding carboxylic acids is 2. The van der Waals surface area contributed by atoms with Crippen molar-refractivity contribution in [2.45, 2.75) is 13.3 Å². The lowest BCUT2D eigenvalue weighted by molar-refractivity contribution is -0.124. The van der Waals surface area contributed by atoms with Crippen LogP contribution in [0.4, 0.5) is 0 Å². The Bertz CT molecular complexity index is 769. The highest BCUT2D eigenvalue weighted by atomic mass is 16.2. The summed E-state index contributed by atoms with van der Waals surface area (Å²) in [5, 5.41) is 7.55. The van der Waals surface area contributed by atoms with Gasteiger partial charge in [-0.2, -0.15) is 0 Å². The molecule has 3 rings (SSSR count). The molecule has 0 atom stereocenters. The highest BCUT2D eigenvalue weighted by molar-refractivity contribution is 5.94. The Morgan fingerprint density at radius 3 is 2.48 bits per heavy atom. The number of allylic oxidation sites excluding steroid dienone is 3. The number of nitrogens with zero attached hydrogens (tertiary/aromatic N) is 5. The van der Waals surface area contributed by atoms with E-state index < -0.39 is 0 Å². The number of aromatic nitrogens is 3. The van der Waals surface area contributed by atoms with E-state index in [0.717, 1.165) is 17.6 Å². The summed E-state index contributed by atoms with van der Waals surface area (Å²) in [6.07, 6.45) is 11.1. The molecule has 1 aromatic heterocycles. The van der Waals surface area contributed by atoms with Gasteiger partial charge < -0.3 is 9.80 Å². The Kier molecular flexibility index (Phi) is 4.92. The Labute approximate surface area is 146 Å². The zero-order valence-corrected chi connectivity index (χ0v) is 14.3. The molecule has 0 unspecified atom stereocenters. The maximum atomic E-state index is 12.6. The molecule has 2 aliphatic rings. The van der Waals surface area contributed by atoms with Crippen LogP contribution < -0.4 is 0 Å². The van der Waals surface area contributed by atoms with E-state index in [1.807, 2.05) is 19.1 Å². The molecule has 130 valence electrons. The molecule has 0 spiro atoms. The van der Waals surface area contributed by atoms with Crippen LogP contribution in [0.3, 0.4) is 0 Å². The van der Waals surface area contributed by atoms with Crippen molar-refractivity contribution in [3.8, 4) is 0 Å². The number of rotatable bonds is 5. The average Bonchev–Trinajstić information content (AvgIpc) is 3.31. The van der Waals surface area contributed by atoms with Gasteiger partial charge in [-0.05, 0) is 17.6 Å². The molecule has 0 radical (unpaired) electrons. The van der Waals surface area contributed by atoms with Crippen LogP contribution in [0.1, 0.15) is 23.8 Å². The van der Waals surface area contributed by atoms with Gasteiger partial charge in [0.15, 0.2) is 5.69 Å². The smallest absolute Gasteiger partial charge is 0.274 e. The molecule has 3 heterocycles. The molecule has 7 heteroatoms. The summed E-state index contributed by atoms with van der Waals surface area (Å²) in [5.74, 6) is -0.122. The van der Waals surface area contributed by atoms with Crippen LogP contribution in [0.15, 0.2) is 48.2 Å². The predicted molar refractivity (Wildman–Crippen MR) is 94.5 cm³/mol. The minimum absolute atomic E-state index is 0.00182. The minimum Gasteiger partial charge on any atom is -0.331 e. The molecular weight excluding hydrogens is 318 g/mol. The normalized spacial score (nSPS) is 17.2. The van der Waals surface area contributed by atoms with Crippen LogP contribution in [0.2, 0.25) is 0 Å². The van der Waals surface area contributed by atoms with Crippen LogP contribution in [-0.4, -0.2) is 62.8 Å². The molecule has 25 heavy (non-hydrogen) atoms. The lowest BCUT2D eigenvalue weighted by Crippen LogP contribution is -2.36. The van der Waals surface area contributed by atoms with Crippen molar-refractivity contribution in [3.63, 3.8) is 0 Å². The van der Waals surface area contributed by atoms with E-state index >= 15 is 0 Å². The summed E-state index contributed by atoms with van der Waals surface area (Å²) in [7, 11) is 0. The molecule has 0 fully saturated rings. The zero-order chi connectivity index (χ0) is 17.8. The van der Waals surface area contributed by atoms with Gasteiger partial charge in [0.05, 0.1) is 6.20 Å². The van der Waals surface area contributed by atoms with Crippen LogP contribution in [-0.2, 0) is 4.79 Å². The van der Waals surface area contributed by atoms with Gasteiger partial charge in [-0.15, -0.1) is 5.10 Å². The first-order valence-corrected chi connectivity index (χ1v) is 8.28. The standard InChI is InChI=1S/C18H21N5O2/c1-3-5-6-7-8-17(24)21-10-14-12-22(13-15(14)11-21)18(25)16-9-19-20-23(16)4-2/h4-9H,2-3,10-13H2,1H3/b6-5+,8-7+. The van der Waals surface area contributed by atoms with Crippen molar-refractivity contribution < 1.29 is 9.59 Å². The molecule has 2 aliphatic heterocycles. The monoisotopic (exact) mass is 339 g/mol. The molecule has 0 aromatic carbocycles. The fourth-order valence-corrected chi connectivity index (χ4v) is 3.03. The van der Waals surface area contributed by atoms with Crippen LogP contribution in [0.25, 0.3) is 6.20 Å². The Hall–Kier alpha value is -2.96. The fraction of sp³-hybridized carbons (Fsp3) is 0.333. The molecule has 2 amide bonds. The van der Waals surface area contributed by atoms with E-state index in [1.165, 1.54) is 17.1 Å². The number of hydrogen-bond donors (Lipinski definition) is 0. The highest BCUT2D eigenvalue weighted by Crippen LogP contribution is 2.26. The second-order valence-electron chi connectivity index (χ2n) is 6.00. The Morgan fingerprint density at radius 2 is 1.84 bits per heavy atom. The van der Waals surface area contributed by atoms with Gasteiger partial charge in [-0.1, -0.05) is 36.9 Å². The third-order valence-corrected chi connectivity index (χ3v) is 4.31. The van der Waals surface area contributed by atoms with Crippen molar-refractivity contribution in [1.29, 1.82) is 0 Å². The maximum Gasteiger partial charge on any atom is 0.274 e. The van der Waals surface area contributed by atoms with Crippen molar-refractivity contribution >= 4 is 18.0 Å². The van der Waals surface area contributed by atoms with E-state index in [4.69, 9.17) is 0 Å². The van der Waals surface area contributed by atoms with Crippen LogP contribution in [0, 0.1) is 0 Å². The maximum absolute atomic E-state index is 12.6. The molecule has 0 saturated carbocycles. The summed E-state index contributed by atoms with van der Waals surface area (Å²) in [4.78, 5) is 28.3. The highest BCUT2D eigenvalue weighted by Gasteiger charge is 2.34. The second-order valence-corrected chi connectivity index (χ2v) is 6.00. The first-order valence-electron chi connectivity index (χ1n) is 8.28. The number of amides is 2. The van der Waals surface area contributed by atoms with Crippen molar-refractivity contribution in [2.75, 3.05) is 26.2 Å². The van der Waals surface area contributed by atoms with Crippen molar-refractivity contribution in [2.24, 2.45) is 0 Å². The van der Waals surface area contributed by atoms with Crippen molar-refractivity contribution in [3.05, 3.63) is 53.9 Å². The lowest BCUT2D eigenvalue weighted by Gasteiger charge is -2.22. The largest absolute Gasteiger partial charge is 0.331 e. The predicted octanol–water partition coefficient (Wildman–Crippen LogP) is 1.50. The van der Waals surface area contributed by atoms with Crippen LogP contribution in [0.5, 0.6) is 0 Å². The summed E-state index contributed by atoms with van der Waals surface area (Å²) in [5.41, 5.74) is 2.70. The van der Waals surface area contributed by atoms with Gasteiger partial charge in [0, 0.05) is 38.5 Å². The quantitative estimate of drug-likeness (QED) is 0.463. The van der Waals surface area contributed by atoms with E-state index in [-0.39, 0.29) is 11.8 Å². The number of carbonyl (C=O) groups is 2. The van der Waals surface area contributed by atoms with E-state index in [1.54, 1.807) is 22.0 Å². The van der Waals surface area contributed by atoms with E-state index in [0.29, 0.717) is 31.9 Å². The topological polar surface area (TPSA) is 71.3 Å². The van der Waals surface area contributed by atoms with Gasteiger partial charge in [0.1, 0.15) is 0 Å². The van der Waals surface area contributed by atoms with Gasteiger partial charge >= 0.3 is 0 Å². The average molecular weight is 339 g/mol. The second kappa shape index (κ2) is 7.29. The van der Waals surface area contributed by atoms with Gasteiger partial charge in [-0.25, -0.2) is 4.68 Å². The Morgan fingerprint density at radius 1 is 1.16 bits per heavy atom. The van der Waals surface area contributed by atoms with Gasteiger partial charge in [0.2, 0.25) is 5.91 Å². The number of hydrogen-bond acceptors (Lipinski definition) is 4. The van der Waals surface area contributed by atoms with Gasteiger partial charge in [-0.3, -0.25) is 9.59 Å². The third-order valence-electron chi connectivity index (χ3n) is 4.31. The van der Waals surface area contributed by atoms with Gasteiger partial charge in [0.25, 0.3) is 5.91 Å². The Balaban J connectivity index is 1.57.